The van der Waals surface area contributed by atoms with Gasteiger partial charge in [-0.25, -0.2) is 0 Å². The van der Waals surface area contributed by atoms with Gasteiger partial charge in [0, 0.05) is 0 Å². The van der Waals surface area contributed by atoms with Crippen molar-refractivity contribution in [1.82, 2.24) is 4.37 Å². The maximum atomic E-state index is 4.46. The molecule has 0 unspecified atom stereocenters. The Morgan fingerprint density at radius 1 is 1.06 bits per heavy atom. The summed E-state index contributed by atoms with van der Waals surface area (Å²) in [6, 6.07) is 10.5. The third-order valence-corrected chi connectivity index (χ3v) is 3.52. The normalized spacial score (nSPS) is 10.0. The number of rotatable bonds is 2. The van der Waals surface area contributed by atoms with Gasteiger partial charge in [-0.05, 0) is 35.5 Å². The lowest BCUT2D eigenvalue weighted by molar-refractivity contribution is 0.859. The van der Waals surface area contributed by atoms with Crippen molar-refractivity contribution in [3.8, 4) is 10.4 Å². The lowest BCUT2D eigenvalue weighted by atomic mass is 9.98. The largest absolute Gasteiger partial charge is 0.197 e. The van der Waals surface area contributed by atoms with Gasteiger partial charge >= 0.3 is 0 Å². The maximum Gasteiger partial charge on any atom is 0.0587 e. The molecule has 2 heteroatoms. The Morgan fingerprint density at radius 2 is 1.65 bits per heavy atom. The van der Waals surface area contributed by atoms with E-state index in [9.17, 15) is 0 Å². The zero-order valence-electron chi connectivity index (χ0n) is 11.3. The highest BCUT2D eigenvalue weighted by Crippen LogP contribution is 2.34. The quantitative estimate of drug-likeness (QED) is 0.704. The van der Waals surface area contributed by atoms with E-state index in [0.717, 1.165) is 0 Å². The Labute approximate surface area is 109 Å². The van der Waals surface area contributed by atoms with E-state index in [1.54, 1.807) is 11.5 Å². The lowest BCUT2D eigenvalue weighted by Gasteiger charge is -2.07. The second kappa shape index (κ2) is 6.55. The second-order valence-corrected chi connectivity index (χ2v) is 4.80. The fraction of sp³-hybridized carbons (Fsp3) is 0.400. The molecule has 1 heterocycles. The van der Waals surface area contributed by atoms with E-state index in [1.807, 2.05) is 19.9 Å². The first-order valence-corrected chi connectivity index (χ1v) is 6.99. The molecule has 0 aliphatic rings. The SMILES string of the molecule is CC.Cc1nsc(-c2ccccc2)c1C(C)C. The highest BCUT2D eigenvalue weighted by atomic mass is 32.1. The van der Waals surface area contributed by atoms with Crippen molar-refractivity contribution in [3.63, 3.8) is 0 Å². The van der Waals surface area contributed by atoms with Crippen molar-refractivity contribution in [3.05, 3.63) is 41.6 Å². The van der Waals surface area contributed by atoms with Gasteiger partial charge in [0.05, 0.1) is 10.6 Å². The van der Waals surface area contributed by atoms with E-state index in [4.69, 9.17) is 0 Å². The summed E-state index contributed by atoms with van der Waals surface area (Å²) in [5.41, 5.74) is 3.85. The van der Waals surface area contributed by atoms with Crippen molar-refractivity contribution in [1.29, 1.82) is 0 Å². The molecule has 0 atom stereocenters. The van der Waals surface area contributed by atoms with Crippen LogP contribution in [0.4, 0.5) is 0 Å². The van der Waals surface area contributed by atoms with Gasteiger partial charge in [0.25, 0.3) is 0 Å². The predicted molar refractivity (Wildman–Crippen MR) is 77.7 cm³/mol. The number of hydrogen-bond donors (Lipinski definition) is 0. The van der Waals surface area contributed by atoms with Crippen LogP contribution in [0.25, 0.3) is 10.4 Å². The topological polar surface area (TPSA) is 12.9 Å². The smallest absolute Gasteiger partial charge is 0.0587 e. The Bertz CT molecular complexity index is 443. The van der Waals surface area contributed by atoms with E-state index in [1.165, 1.54) is 21.7 Å². The average Bonchev–Trinajstić information content (AvgIpc) is 2.75. The van der Waals surface area contributed by atoms with Gasteiger partial charge in [-0.2, -0.15) is 4.37 Å². The van der Waals surface area contributed by atoms with E-state index in [0.29, 0.717) is 5.92 Å². The zero-order valence-corrected chi connectivity index (χ0v) is 12.1. The molecule has 0 radical (unpaired) electrons. The van der Waals surface area contributed by atoms with E-state index >= 15 is 0 Å². The number of nitrogens with zero attached hydrogens (tertiary/aromatic N) is 1. The molecule has 0 bridgehead atoms. The number of benzene rings is 1. The van der Waals surface area contributed by atoms with Gasteiger partial charge in [0.2, 0.25) is 0 Å². The first-order valence-electron chi connectivity index (χ1n) is 6.21. The van der Waals surface area contributed by atoms with Crippen LogP contribution in [-0.4, -0.2) is 4.37 Å². The third kappa shape index (κ3) is 3.16. The summed E-state index contributed by atoms with van der Waals surface area (Å²) in [6.45, 7) is 10.5. The van der Waals surface area contributed by atoms with Gasteiger partial charge in [-0.15, -0.1) is 0 Å². The molecular weight excluding hydrogens is 226 g/mol. The minimum absolute atomic E-state index is 0.541. The molecule has 0 amide bonds. The summed E-state index contributed by atoms with van der Waals surface area (Å²) in [6.07, 6.45) is 0. The minimum Gasteiger partial charge on any atom is -0.197 e. The third-order valence-electron chi connectivity index (χ3n) is 2.52. The fourth-order valence-electron chi connectivity index (χ4n) is 1.85. The summed E-state index contributed by atoms with van der Waals surface area (Å²) in [7, 11) is 0. The minimum atomic E-state index is 0.541. The summed E-state index contributed by atoms with van der Waals surface area (Å²) in [5.74, 6) is 0.541. The fourth-order valence-corrected chi connectivity index (χ4v) is 2.90. The molecule has 1 aromatic heterocycles. The number of aryl methyl sites for hydroxylation is 1. The van der Waals surface area contributed by atoms with Crippen LogP contribution in [0.2, 0.25) is 0 Å². The highest BCUT2D eigenvalue weighted by molar-refractivity contribution is 7.09. The molecule has 0 aliphatic heterocycles. The average molecular weight is 247 g/mol. The van der Waals surface area contributed by atoms with Gasteiger partial charge in [-0.1, -0.05) is 58.0 Å². The van der Waals surface area contributed by atoms with Gasteiger partial charge in [0.15, 0.2) is 0 Å². The predicted octanol–water partition coefficient (Wildman–Crippen LogP) is 5.27. The second-order valence-electron chi connectivity index (χ2n) is 4.03. The zero-order chi connectivity index (χ0) is 12.8. The van der Waals surface area contributed by atoms with Crippen LogP contribution in [0.3, 0.4) is 0 Å². The van der Waals surface area contributed by atoms with Crippen molar-refractivity contribution >= 4 is 11.5 Å². The molecule has 2 aromatic rings. The lowest BCUT2D eigenvalue weighted by Crippen LogP contribution is -1.90. The Hall–Kier alpha value is -1.15. The number of hydrogen-bond acceptors (Lipinski definition) is 2. The maximum absolute atomic E-state index is 4.46. The molecular formula is C15H21NS. The van der Waals surface area contributed by atoms with Crippen LogP contribution >= 0.6 is 11.5 Å². The van der Waals surface area contributed by atoms with Crippen LogP contribution in [0.1, 0.15) is 44.9 Å². The van der Waals surface area contributed by atoms with Crippen molar-refractivity contribution < 1.29 is 0 Å². The van der Waals surface area contributed by atoms with Crippen LogP contribution < -0.4 is 0 Å². The van der Waals surface area contributed by atoms with E-state index in [-0.39, 0.29) is 0 Å². The highest BCUT2D eigenvalue weighted by Gasteiger charge is 2.14. The molecule has 0 saturated carbocycles. The monoisotopic (exact) mass is 247 g/mol. The first kappa shape index (κ1) is 13.9. The molecule has 0 saturated heterocycles. The molecule has 2 rings (SSSR count). The van der Waals surface area contributed by atoms with Crippen molar-refractivity contribution in [2.24, 2.45) is 0 Å². The standard InChI is InChI=1S/C13H15NS.C2H6/c1-9(2)12-10(3)14-15-13(12)11-7-5-4-6-8-11;1-2/h4-9H,1-3H3;1-2H3. The molecule has 1 nitrogen and oxygen atoms in total. The molecule has 92 valence electrons. The van der Waals surface area contributed by atoms with E-state index < -0.39 is 0 Å². The first-order chi connectivity index (χ1) is 8.20. The van der Waals surface area contributed by atoms with Crippen LogP contribution in [0.5, 0.6) is 0 Å². The molecule has 0 aliphatic carbocycles. The summed E-state index contributed by atoms with van der Waals surface area (Å²) in [4.78, 5) is 1.32. The Morgan fingerprint density at radius 3 is 2.18 bits per heavy atom. The summed E-state index contributed by atoms with van der Waals surface area (Å²) < 4.78 is 4.46. The molecule has 1 aromatic carbocycles. The van der Waals surface area contributed by atoms with Crippen LogP contribution in [0.15, 0.2) is 30.3 Å². The summed E-state index contributed by atoms with van der Waals surface area (Å²) >= 11 is 1.61. The van der Waals surface area contributed by atoms with Gasteiger partial charge in [0.1, 0.15) is 0 Å². The van der Waals surface area contributed by atoms with Crippen molar-refractivity contribution in [2.75, 3.05) is 0 Å². The van der Waals surface area contributed by atoms with Crippen molar-refractivity contribution in [2.45, 2.75) is 40.5 Å². The van der Waals surface area contributed by atoms with Crippen LogP contribution in [0, 0.1) is 6.92 Å². The molecule has 0 fully saturated rings. The van der Waals surface area contributed by atoms with E-state index in [2.05, 4.69) is 49.4 Å². The molecule has 0 spiro atoms. The van der Waals surface area contributed by atoms with Crippen LogP contribution in [-0.2, 0) is 0 Å². The Balaban J connectivity index is 0.000000686. The molecule has 0 N–H and O–H groups in total. The Kier molecular flexibility index (Phi) is 5.36. The van der Waals surface area contributed by atoms with Gasteiger partial charge < -0.3 is 0 Å². The molecule has 17 heavy (non-hydrogen) atoms. The number of aromatic nitrogens is 1. The van der Waals surface area contributed by atoms with Gasteiger partial charge in [-0.3, -0.25) is 0 Å². The summed E-state index contributed by atoms with van der Waals surface area (Å²) in [5, 5.41) is 0.